The Labute approximate surface area is 194 Å². The summed E-state index contributed by atoms with van der Waals surface area (Å²) in [6.45, 7) is 4.15. The molecule has 4 heterocycles. The average Bonchev–Trinajstić information content (AvgIpc) is 3.58. The summed E-state index contributed by atoms with van der Waals surface area (Å²) >= 11 is 0. The van der Waals surface area contributed by atoms with Crippen LogP contribution >= 0.6 is 0 Å². The first kappa shape index (κ1) is 21.8. The van der Waals surface area contributed by atoms with Crippen LogP contribution in [-0.2, 0) is 20.0 Å². The van der Waals surface area contributed by atoms with Gasteiger partial charge in [0.15, 0.2) is 11.5 Å². The van der Waals surface area contributed by atoms with Crippen molar-refractivity contribution in [2.75, 3.05) is 39.5 Å². The lowest BCUT2D eigenvalue weighted by Gasteiger charge is -2.34. The van der Waals surface area contributed by atoms with Crippen molar-refractivity contribution in [3.8, 4) is 11.5 Å². The van der Waals surface area contributed by atoms with Crippen LogP contribution in [0.25, 0.3) is 0 Å². The molecule has 0 atom stereocenters. The van der Waals surface area contributed by atoms with Gasteiger partial charge in [-0.2, -0.15) is 0 Å². The van der Waals surface area contributed by atoms with Gasteiger partial charge < -0.3 is 24.5 Å². The molecule has 2 aliphatic rings. The largest absolute Gasteiger partial charge is 0.454 e. The van der Waals surface area contributed by atoms with E-state index in [4.69, 9.17) is 9.47 Å². The lowest BCUT2D eigenvalue weighted by Crippen LogP contribution is -2.49. The van der Waals surface area contributed by atoms with Crippen LogP contribution in [0.2, 0.25) is 0 Å². The zero-order valence-corrected chi connectivity index (χ0v) is 18.7. The van der Waals surface area contributed by atoms with Gasteiger partial charge >= 0.3 is 5.82 Å². The number of rotatable bonds is 7. The van der Waals surface area contributed by atoms with E-state index in [1.165, 1.54) is 10.8 Å². The number of aromatic nitrogens is 5. The SMILES string of the molecule is Cn1c([N+](=O)[O-])cnc1Cn1cc(CCN2CCN(C(=O)c3ccc4c(c3)OCO4)CC2)nn1. The first-order chi connectivity index (χ1) is 16.5. The summed E-state index contributed by atoms with van der Waals surface area (Å²) in [6, 6.07) is 5.28. The standard InChI is InChI=1S/C21H24N8O5/c1-25-19(22-11-20(25)29(31)32)13-28-12-16(23-24-28)4-5-26-6-8-27(9-7-26)21(30)15-2-3-17-18(10-15)34-14-33-17/h2-3,10-12H,4-9,13-14H2,1H3. The molecule has 0 unspecified atom stereocenters. The molecule has 2 aliphatic heterocycles. The van der Waals surface area contributed by atoms with Crippen LogP contribution in [0.4, 0.5) is 5.82 Å². The predicted octanol–water partition coefficient (Wildman–Crippen LogP) is 0.697. The average molecular weight is 468 g/mol. The first-order valence-corrected chi connectivity index (χ1v) is 10.9. The van der Waals surface area contributed by atoms with Gasteiger partial charge in [-0.3, -0.25) is 9.69 Å². The van der Waals surface area contributed by atoms with Crippen molar-refractivity contribution in [1.29, 1.82) is 0 Å². The number of nitrogens with zero attached hydrogens (tertiary/aromatic N) is 8. The van der Waals surface area contributed by atoms with Crippen molar-refractivity contribution >= 4 is 11.7 Å². The van der Waals surface area contributed by atoms with E-state index >= 15 is 0 Å². The summed E-state index contributed by atoms with van der Waals surface area (Å²) in [6.07, 6.45) is 3.79. The maximum atomic E-state index is 12.8. The minimum atomic E-state index is -0.467. The van der Waals surface area contributed by atoms with E-state index in [0.29, 0.717) is 42.5 Å². The summed E-state index contributed by atoms with van der Waals surface area (Å²) < 4.78 is 13.7. The fraction of sp³-hybridized carbons (Fsp3) is 0.429. The van der Waals surface area contributed by atoms with Crippen LogP contribution in [0.1, 0.15) is 21.9 Å². The van der Waals surface area contributed by atoms with Crippen LogP contribution in [0.5, 0.6) is 11.5 Å². The third-order valence-electron chi connectivity index (χ3n) is 6.10. The summed E-state index contributed by atoms with van der Waals surface area (Å²) in [5.74, 6) is 1.74. The Kier molecular flexibility index (Phi) is 5.84. The van der Waals surface area contributed by atoms with E-state index in [9.17, 15) is 14.9 Å². The smallest absolute Gasteiger partial charge is 0.342 e. The molecule has 0 saturated carbocycles. The Morgan fingerprint density at radius 3 is 2.74 bits per heavy atom. The molecule has 2 aromatic heterocycles. The second-order valence-corrected chi connectivity index (χ2v) is 8.21. The molecule has 5 rings (SSSR count). The fourth-order valence-electron chi connectivity index (χ4n) is 4.09. The third-order valence-corrected chi connectivity index (χ3v) is 6.10. The van der Waals surface area contributed by atoms with Gasteiger partial charge in [-0.25, -0.2) is 14.2 Å². The van der Waals surface area contributed by atoms with Crippen LogP contribution in [0, 0.1) is 10.1 Å². The molecule has 13 heteroatoms. The number of hydrogen-bond acceptors (Lipinski definition) is 9. The van der Waals surface area contributed by atoms with Gasteiger partial charge in [0, 0.05) is 50.9 Å². The minimum absolute atomic E-state index is 0.00425. The van der Waals surface area contributed by atoms with Gasteiger partial charge in [0.05, 0.1) is 12.7 Å². The minimum Gasteiger partial charge on any atom is -0.454 e. The molecule has 0 N–H and O–H groups in total. The zero-order chi connectivity index (χ0) is 23.7. The van der Waals surface area contributed by atoms with E-state index in [0.717, 1.165) is 31.7 Å². The van der Waals surface area contributed by atoms with Crippen LogP contribution in [-0.4, -0.2) is 84.7 Å². The lowest BCUT2D eigenvalue weighted by atomic mass is 10.1. The van der Waals surface area contributed by atoms with E-state index in [-0.39, 0.29) is 18.5 Å². The van der Waals surface area contributed by atoms with Crippen LogP contribution in [0.3, 0.4) is 0 Å². The Hall–Kier alpha value is -4.00. The van der Waals surface area contributed by atoms with E-state index in [1.807, 2.05) is 11.1 Å². The Morgan fingerprint density at radius 2 is 1.97 bits per heavy atom. The number of fused-ring (bicyclic) bond motifs is 1. The van der Waals surface area contributed by atoms with Crippen molar-refractivity contribution in [3.05, 3.63) is 57.8 Å². The molecular formula is C21H24N8O5. The number of piperazine rings is 1. The molecule has 0 radical (unpaired) electrons. The molecule has 0 spiro atoms. The number of benzene rings is 1. The molecule has 3 aromatic rings. The highest BCUT2D eigenvalue weighted by atomic mass is 16.7. The Morgan fingerprint density at radius 1 is 1.18 bits per heavy atom. The monoisotopic (exact) mass is 468 g/mol. The molecule has 0 aliphatic carbocycles. The molecule has 1 saturated heterocycles. The van der Waals surface area contributed by atoms with Crippen molar-refractivity contribution in [2.24, 2.45) is 7.05 Å². The highest BCUT2D eigenvalue weighted by molar-refractivity contribution is 5.95. The zero-order valence-electron chi connectivity index (χ0n) is 18.7. The summed E-state index contributed by atoms with van der Waals surface area (Å²) in [5, 5.41) is 19.3. The highest BCUT2D eigenvalue weighted by Crippen LogP contribution is 2.32. The molecule has 0 bridgehead atoms. The van der Waals surface area contributed by atoms with E-state index in [2.05, 4.69) is 20.2 Å². The second-order valence-electron chi connectivity index (χ2n) is 8.21. The lowest BCUT2D eigenvalue weighted by molar-refractivity contribution is -0.391. The molecule has 1 aromatic carbocycles. The van der Waals surface area contributed by atoms with Crippen LogP contribution in [0.15, 0.2) is 30.6 Å². The third kappa shape index (κ3) is 4.41. The van der Waals surface area contributed by atoms with Crippen LogP contribution < -0.4 is 9.47 Å². The summed E-state index contributed by atoms with van der Waals surface area (Å²) in [5.41, 5.74) is 1.44. The van der Waals surface area contributed by atoms with E-state index < -0.39 is 4.92 Å². The Balaban J connectivity index is 1.10. The Bertz CT molecular complexity index is 1210. The van der Waals surface area contributed by atoms with Crippen molar-refractivity contribution in [3.63, 3.8) is 0 Å². The van der Waals surface area contributed by atoms with Crippen molar-refractivity contribution in [1.82, 2.24) is 34.3 Å². The quantitative estimate of drug-likeness (QED) is 0.363. The molecular weight excluding hydrogens is 444 g/mol. The number of carbonyl (C=O) groups excluding carboxylic acids is 1. The van der Waals surface area contributed by atoms with E-state index in [1.54, 1.807) is 29.9 Å². The van der Waals surface area contributed by atoms with Gasteiger partial charge in [-0.05, 0) is 23.1 Å². The molecule has 13 nitrogen and oxygen atoms in total. The van der Waals surface area contributed by atoms with Crippen molar-refractivity contribution in [2.45, 2.75) is 13.0 Å². The topological polar surface area (TPSA) is 134 Å². The van der Waals surface area contributed by atoms with Crippen molar-refractivity contribution < 1.29 is 19.2 Å². The number of ether oxygens (including phenoxy) is 2. The van der Waals surface area contributed by atoms with Gasteiger partial charge in [0.2, 0.25) is 12.6 Å². The second kappa shape index (κ2) is 9.09. The number of carbonyl (C=O) groups is 1. The summed E-state index contributed by atoms with van der Waals surface area (Å²) in [7, 11) is 1.61. The van der Waals surface area contributed by atoms with Gasteiger partial charge in [0.25, 0.3) is 5.91 Å². The molecule has 178 valence electrons. The number of hydrogen-bond donors (Lipinski definition) is 0. The number of imidazole rings is 1. The molecule has 1 amide bonds. The highest BCUT2D eigenvalue weighted by Gasteiger charge is 2.24. The fourth-order valence-corrected chi connectivity index (χ4v) is 4.09. The van der Waals surface area contributed by atoms with Gasteiger partial charge in [-0.15, -0.1) is 5.10 Å². The maximum absolute atomic E-state index is 12.8. The molecule has 34 heavy (non-hydrogen) atoms. The maximum Gasteiger partial charge on any atom is 0.342 e. The first-order valence-electron chi connectivity index (χ1n) is 10.9. The van der Waals surface area contributed by atoms with Gasteiger partial charge in [0.1, 0.15) is 12.7 Å². The van der Waals surface area contributed by atoms with Gasteiger partial charge in [-0.1, -0.05) is 5.21 Å². The normalized spacial score (nSPS) is 15.6. The predicted molar refractivity (Wildman–Crippen MR) is 118 cm³/mol. The summed E-state index contributed by atoms with van der Waals surface area (Å²) in [4.78, 5) is 31.6. The number of amides is 1. The molecule has 1 fully saturated rings. The number of nitro groups is 1.